The predicted molar refractivity (Wildman–Crippen MR) is 87.2 cm³/mol. The molecule has 0 amide bonds. The van der Waals surface area contributed by atoms with Crippen molar-refractivity contribution in [2.45, 2.75) is 39.0 Å². The molecule has 5 atom stereocenters. The fourth-order valence-electron chi connectivity index (χ4n) is 5.27. The van der Waals surface area contributed by atoms with Crippen LogP contribution in [0.5, 0.6) is 0 Å². The Bertz CT molecular complexity index is 750. The van der Waals surface area contributed by atoms with E-state index >= 15 is 0 Å². The van der Waals surface area contributed by atoms with Gasteiger partial charge in [0.15, 0.2) is 0 Å². The van der Waals surface area contributed by atoms with Crippen molar-refractivity contribution in [1.82, 2.24) is 0 Å². The second-order valence-corrected chi connectivity index (χ2v) is 7.06. The van der Waals surface area contributed by atoms with E-state index in [4.69, 9.17) is 0 Å². The first kappa shape index (κ1) is 13.0. The molecule has 1 aromatic carbocycles. The molecule has 106 valence electrons. The van der Waals surface area contributed by atoms with Crippen LogP contribution in [0.15, 0.2) is 59.0 Å². The minimum atomic E-state index is 0.163. The van der Waals surface area contributed by atoms with Crippen LogP contribution in [0.25, 0.3) is 0 Å². The molecule has 4 rings (SSSR count). The van der Waals surface area contributed by atoms with Crippen LogP contribution in [0.4, 0.5) is 0 Å². The first-order valence-electron chi connectivity index (χ1n) is 8.11. The standard InChI is InChI=1S/C21H22/c1-13-15(3)21(19-11-7-5-9-17(13)19)16(4)14(2)18-10-6-8-12-20(18)21/h5,7,9-16H,1-4H3. The molecule has 0 aliphatic heterocycles. The average molecular weight is 274 g/mol. The number of hydrogen-bond donors (Lipinski definition) is 0. The third-order valence-corrected chi connectivity index (χ3v) is 6.61. The highest BCUT2D eigenvalue weighted by molar-refractivity contribution is 5.60. The van der Waals surface area contributed by atoms with E-state index in [9.17, 15) is 0 Å². The van der Waals surface area contributed by atoms with Gasteiger partial charge in [-0.3, -0.25) is 0 Å². The second-order valence-electron chi connectivity index (χ2n) is 7.06. The molecule has 0 fully saturated rings. The van der Waals surface area contributed by atoms with Crippen molar-refractivity contribution < 1.29 is 0 Å². The predicted octanol–water partition coefficient (Wildman–Crippen LogP) is 5.14. The molecular weight excluding hydrogens is 252 g/mol. The molecule has 1 aromatic rings. The smallest absolute Gasteiger partial charge is 0.0277 e. The maximum absolute atomic E-state index is 3.23. The Morgan fingerprint density at radius 2 is 1.52 bits per heavy atom. The van der Waals surface area contributed by atoms with Crippen molar-refractivity contribution in [3.8, 4) is 0 Å². The van der Waals surface area contributed by atoms with Gasteiger partial charge in [-0.05, 0) is 58.1 Å². The molecule has 0 heteroatoms. The summed E-state index contributed by atoms with van der Waals surface area (Å²) in [5.41, 5.74) is 12.7. The van der Waals surface area contributed by atoms with Crippen LogP contribution >= 0.6 is 0 Å². The number of fused-ring (bicyclic) bond motifs is 3. The molecule has 21 heavy (non-hydrogen) atoms. The Labute approximate surface area is 127 Å². The summed E-state index contributed by atoms with van der Waals surface area (Å²) < 4.78 is 0. The summed E-state index contributed by atoms with van der Waals surface area (Å²) >= 11 is 0. The van der Waals surface area contributed by atoms with E-state index in [2.05, 4.69) is 75.6 Å². The minimum absolute atomic E-state index is 0.163. The highest BCUT2D eigenvalue weighted by atomic mass is 14.6. The topological polar surface area (TPSA) is 0 Å². The maximum Gasteiger partial charge on any atom is 0.0277 e. The van der Waals surface area contributed by atoms with Crippen LogP contribution in [-0.4, -0.2) is 0 Å². The Kier molecular flexibility index (Phi) is 2.55. The summed E-state index contributed by atoms with van der Waals surface area (Å²) in [5.74, 6) is 2.46. The normalized spacial score (nSPS) is 39.2. The largest absolute Gasteiger partial charge is 0.0699 e. The summed E-state index contributed by atoms with van der Waals surface area (Å²) in [6.45, 7) is 9.66. The van der Waals surface area contributed by atoms with Crippen LogP contribution < -0.4 is 0 Å². The van der Waals surface area contributed by atoms with Crippen molar-refractivity contribution in [1.29, 1.82) is 0 Å². The van der Waals surface area contributed by atoms with Gasteiger partial charge in [0.05, 0.1) is 0 Å². The highest BCUT2D eigenvalue weighted by Gasteiger charge is 2.58. The summed E-state index contributed by atoms with van der Waals surface area (Å²) in [5, 5.41) is 0. The van der Waals surface area contributed by atoms with Gasteiger partial charge in [-0.2, -0.15) is 0 Å². The molecule has 0 heterocycles. The van der Waals surface area contributed by atoms with Crippen LogP contribution in [0.1, 0.15) is 44.7 Å². The molecular formula is C21H22. The summed E-state index contributed by atoms with van der Waals surface area (Å²) in [6.07, 6.45) is 4.38. The minimum Gasteiger partial charge on any atom is -0.0699 e. The zero-order valence-corrected chi connectivity index (χ0v) is 13.3. The molecule has 3 aliphatic carbocycles. The third kappa shape index (κ3) is 1.33. The quantitative estimate of drug-likeness (QED) is 0.575. The van der Waals surface area contributed by atoms with Gasteiger partial charge in [-0.1, -0.05) is 63.4 Å². The van der Waals surface area contributed by atoms with Crippen molar-refractivity contribution in [3.63, 3.8) is 0 Å². The summed E-state index contributed by atoms with van der Waals surface area (Å²) in [6, 6.07) is 9.10. The lowest BCUT2D eigenvalue weighted by Crippen LogP contribution is -2.37. The molecule has 5 unspecified atom stereocenters. The van der Waals surface area contributed by atoms with Gasteiger partial charge in [0.2, 0.25) is 0 Å². The molecule has 0 saturated carbocycles. The van der Waals surface area contributed by atoms with E-state index in [0.717, 1.165) is 0 Å². The highest BCUT2D eigenvalue weighted by Crippen LogP contribution is 2.64. The molecule has 0 N–H and O–H groups in total. The molecule has 1 spiro atoms. The lowest BCUT2D eigenvalue weighted by atomic mass is 9.63. The van der Waals surface area contributed by atoms with E-state index < -0.39 is 0 Å². The molecule has 0 saturated heterocycles. The van der Waals surface area contributed by atoms with E-state index in [1.807, 2.05) is 0 Å². The molecule has 0 bridgehead atoms. The van der Waals surface area contributed by atoms with Gasteiger partial charge < -0.3 is 0 Å². The Morgan fingerprint density at radius 3 is 2.33 bits per heavy atom. The van der Waals surface area contributed by atoms with E-state index in [1.54, 1.807) is 11.1 Å². The first-order chi connectivity index (χ1) is 10.1. The Balaban J connectivity index is 2.06. The third-order valence-electron chi connectivity index (χ3n) is 6.61. The molecule has 0 radical (unpaired) electrons. The van der Waals surface area contributed by atoms with Gasteiger partial charge in [-0.15, -0.1) is 0 Å². The lowest BCUT2D eigenvalue weighted by Gasteiger charge is -2.39. The Hall–Kier alpha value is -1.74. The number of hydrogen-bond acceptors (Lipinski definition) is 0. The van der Waals surface area contributed by atoms with E-state index in [1.165, 1.54) is 11.1 Å². The van der Waals surface area contributed by atoms with Crippen LogP contribution in [-0.2, 0) is 5.41 Å². The fourth-order valence-corrected chi connectivity index (χ4v) is 5.27. The van der Waals surface area contributed by atoms with Gasteiger partial charge in [0, 0.05) is 5.41 Å². The van der Waals surface area contributed by atoms with Gasteiger partial charge in [0.25, 0.3) is 0 Å². The lowest BCUT2D eigenvalue weighted by molar-refractivity contribution is 0.231. The van der Waals surface area contributed by atoms with E-state index in [-0.39, 0.29) is 5.41 Å². The number of benzene rings is 1. The second kappa shape index (κ2) is 4.14. The van der Waals surface area contributed by atoms with Crippen molar-refractivity contribution in [3.05, 3.63) is 70.2 Å². The Morgan fingerprint density at radius 1 is 0.857 bits per heavy atom. The van der Waals surface area contributed by atoms with Crippen LogP contribution in [0.3, 0.4) is 0 Å². The fraction of sp³-hybridized carbons (Fsp3) is 0.429. The maximum atomic E-state index is 3.23. The van der Waals surface area contributed by atoms with Gasteiger partial charge >= 0.3 is 0 Å². The van der Waals surface area contributed by atoms with Gasteiger partial charge in [0.1, 0.15) is 0 Å². The zero-order chi connectivity index (χ0) is 14.8. The number of allylic oxidation sites excluding steroid dienone is 4. The van der Waals surface area contributed by atoms with E-state index in [0.29, 0.717) is 23.7 Å². The monoisotopic (exact) mass is 274 g/mol. The average Bonchev–Trinajstić information content (AvgIpc) is 2.89. The van der Waals surface area contributed by atoms with Crippen LogP contribution in [0.2, 0.25) is 0 Å². The van der Waals surface area contributed by atoms with Crippen molar-refractivity contribution in [2.75, 3.05) is 0 Å². The molecule has 3 aliphatic rings. The van der Waals surface area contributed by atoms with Gasteiger partial charge in [-0.25, -0.2) is 0 Å². The number of rotatable bonds is 0. The first-order valence-corrected chi connectivity index (χ1v) is 8.11. The van der Waals surface area contributed by atoms with Crippen molar-refractivity contribution >= 4 is 0 Å². The van der Waals surface area contributed by atoms with Crippen molar-refractivity contribution in [2.24, 2.45) is 17.8 Å². The molecule has 0 nitrogen and oxygen atoms in total. The SMILES string of the molecule is CC1C2=C(C=C=C=C2)C2(c3ccccc3C(C)C2C)C1C. The summed E-state index contributed by atoms with van der Waals surface area (Å²) in [4.78, 5) is 0. The summed E-state index contributed by atoms with van der Waals surface area (Å²) in [7, 11) is 0. The zero-order valence-electron chi connectivity index (χ0n) is 13.3. The van der Waals surface area contributed by atoms with Crippen LogP contribution in [0, 0.1) is 17.8 Å². The molecule has 0 aromatic heterocycles.